The number of rotatable bonds is 3. The lowest BCUT2D eigenvalue weighted by molar-refractivity contribution is -0.127. The number of hydrogen-bond donors (Lipinski definition) is 1. The fourth-order valence-electron chi connectivity index (χ4n) is 5.41. The van der Waals surface area contributed by atoms with Crippen LogP contribution in [0.3, 0.4) is 0 Å². The third kappa shape index (κ3) is 3.15. The van der Waals surface area contributed by atoms with E-state index >= 15 is 0 Å². The molecule has 6 nitrogen and oxygen atoms in total. The van der Waals surface area contributed by atoms with E-state index in [1.165, 1.54) is 6.42 Å². The van der Waals surface area contributed by atoms with Crippen LogP contribution in [0.15, 0.2) is 41.0 Å². The molecule has 2 amide bonds. The van der Waals surface area contributed by atoms with Crippen molar-refractivity contribution in [3.05, 3.63) is 53.4 Å². The molecule has 3 heterocycles. The van der Waals surface area contributed by atoms with Gasteiger partial charge in [-0.05, 0) is 56.7 Å². The second-order valence-corrected chi connectivity index (χ2v) is 9.83. The van der Waals surface area contributed by atoms with E-state index in [4.69, 9.17) is 4.42 Å². The van der Waals surface area contributed by atoms with Crippen molar-refractivity contribution in [2.24, 2.45) is 5.92 Å². The first-order valence-electron chi connectivity index (χ1n) is 11.6. The molecule has 32 heavy (non-hydrogen) atoms. The van der Waals surface area contributed by atoms with Gasteiger partial charge in [0.05, 0.1) is 18.3 Å². The molecule has 168 valence electrons. The second kappa shape index (κ2) is 7.54. The van der Waals surface area contributed by atoms with Crippen molar-refractivity contribution < 1.29 is 14.0 Å². The lowest BCUT2D eigenvalue weighted by Crippen LogP contribution is -2.66. The molecule has 0 bridgehead atoms. The molecule has 6 heteroatoms. The molecule has 1 aliphatic heterocycles. The monoisotopic (exact) mass is 433 g/mol. The molecule has 5 rings (SSSR count). The van der Waals surface area contributed by atoms with Gasteiger partial charge < -0.3 is 14.3 Å². The van der Waals surface area contributed by atoms with Crippen molar-refractivity contribution in [1.29, 1.82) is 0 Å². The summed E-state index contributed by atoms with van der Waals surface area (Å²) >= 11 is 0. The first-order chi connectivity index (χ1) is 15.3. The SMILES string of the molecule is Cc1ccc(C)c(N2C(=O)c3cc4occc4n3C[C@]2(C)C(=O)N[C@@H]2CCCC[C@@H]2C)c1. The van der Waals surface area contributed by atoms with E-state index in [0.29, 0.717) is 23.7 Å². The minimum Gasteiger partial charge on any atom is -0.463 e. The number of benzene rings is 1. The Hall–Kier alpha value is -3.02. The molecular weight excluding hydrogens is 402 g/mol. The van der Waals surface area contributed by atoms with Gasteiger partial charge in [-0.3, -0.25) is 14.5 Å². The summed E-state index contributed by atoms with van der Waals surface area (Å²) < 4.78 is 7.51. The molecular formula is C26H31N3O3. The van der Waals surface area contributed by atoms with E-state index in [1.54, 1.807) is 17.2 Å². The van der Waals surface area contributed by atoms with Crippen LogP contribution in [0, 0.1) is 19.8 Å². The number of hydrogen-bond acceptors (Lipinski definition) is 3. The van der Waals surface area contributed by atoms with Crippen LogP contribution in [-0.2, 0) is 11.3 Å². The number of furan rings is 1. The van der Waals surface area contributed by atoms with Crippen LogP contribution < -0.4 is 10.2 Å². The number of aryl methyl sites for hydroxylation is 2. The van der Waals surface area contributed by atoms with Crippen molar-refractivity contribution in [3.63, 3.8) is 0 Å². The third-order valence-corrected chi connectivity index (χ3v) is 7.43. The Morgan fingerprint density at radius 3 is 2.72 bits per heavy atom. The molecule has 1 fully saturated rings. The van der Waals surface area contributed by atoms with E-state index in [1.807, 2.05) is 49.6 Å². The second-order valence-electron chi connectivity index (χ2n) is 9.83. The smallest absolute Gasteiger partial charge is 0.276 e. The maximum absolute atomic E-state index is 13.9. The summed E-state index contributed by atoms with van der Waals surface area (Å²) in [6.07, 6.45) is 6.08. The maximum atomic E-state index is 13.9. The van der Waals surface area contributed by atoms with Gasteiger partial charge >= 0.3 is 0 Å². The predicted octanol–water partition coefficient (Wildman–Crippen LogP) is 4.97. The number of nitrogens with one attached hydrogen (secondary N) is 1. The fourth-order valence-corrected chi connectivity index (χ4v) is 5.41. The van der Waals surface area contributed by atoms with Gasteiger partial charge in [0.25, 0.3) is 5.91 Å². The number of amides is 2. The lowest BCUT2D eigenvalue weighted by Gasteiger charge is -2.45. The number of fused-ring (bicyclic) bond motifs is 3. The Kier molecular flexibility index (Phi) is 4.91. The Balaban J connectivity index is 1.62. The van der Waals surface area contributed by atoms with E-state index in [9.17, 15) is 9.59 Å². The Morgan fingerprint density at radius 2 is 1.94 bits per heavy atom. The van der Waals surface area contributed by atoms with Gasteiger partial charge in [0, 0.05) is 23.9 Å². The molecule has 2 aromatic heterocycles. The number of carbonyl (C=O) groups excluding carboxylic acids is 2. The van der Waals surface area contributed by atoms with Crippen LogP contribution in [-0.4, -0.2) is 28.0 Å². The highest BCUT2D eigenvalue weighted by molar-refractivity contribution is 6.14. The Labute approximate surface area is 188 Å². The van der Waals surface area contributed by atoms with Crippen LogP contribution in [0.1, 0.15) is 61.1 Å². The summed E-state index contributed by atoms with van der Waals surface area (Å²) in [6.45, 7) is 8.47. The van der Waals surface area contributed by atoms with Gasteiger partial charge in [-0.15, -0.1) is 0 Å². The van der Waals surface area contributed by atoms with Gasteiger partial charge in [-0.25, -0.2) is 0 Å². The van der Waals surface area contributed by atoms with Gasteiger partial charge in [-0.1, -0.05) is 31.9 Å². The van der Waals surface area contributed by atoms with E-state index in [0.717, 1.165) is 41.6 Å². The number of aromatic nitrogens is 1. The minimum absolute atomic E-state index is 0.0958. The van der Waals surface area contributed by atoms with Crippen LogP contribution in [0.2, 0.25) is 0 Å². The minimum atomic E-state index is -1.07. The molecule has 3 atom stereocenters. The maximum Gasteiger partial charge on any atom is 0.276 e. The van der Waals surface area contributed by atoms with Crippen LogP contribution in [0.25, 0.3) is 11.1 Å². The van der Waals surface area contributed by atoms with Gasteiger partial charge in [-0.2, -0.15) is 0 Å². The van der Waals surface area contributed by atoms with Crippen molar-refractivity contribution >= 4 is 28.6 Å². The molecule has 1 aromatic carbocycles. The fraction of sp³-hybridized carbons (Fsp3) is 0.462. The van der Waals surface area contributed by atoms with Crippen LogP contribution in [0.5, 0.6) is 0 Å². The first-order valence-corrected chi connectivity index (χ1v) is 11.6. The van der Waals surface area contributed by atoms with Crippen molar-refractivity contribution in [2.75, 3.05) is 4.90 Å². The normalized spacial score (nSPS) is 25.8. The van der Waals surface area contributed by atoms with E-state index < -0.39 is 5.54 Å². The zero-order valence-electron chi connectivity index (χ0n) is 19.3. The average Bonchev–Trinajstić information content (AvgIpc) is 3.35. The molecule has 1 N–H and O–H groups in total. The summed E-state index contributed by atoms with van der Waals surface area (Å²) in [4.78, 5) is 29.5. The third-order valence-electron chi connectivity index (χ3n) is 7.43. The highest BCUT2D eigenvalue weighted by Gasteiger charge is 2.49. The first kappa shape index (κ1) is 20.9. The molecule has 0 radical (unpaired) electrons. The Morgan fingerprint density at radius 1 is 1.16 bits per heavy atom. The molecule has 0 spiro atoms. The molecule has 0 unspecified atom stereocenters. The van der Waals surface area contributed by atoms with Crippen LogP contribution in [0.4, 0.5) is 5.69 Å². The van der Waals surface area contributed by atoms with Crippen molar-refractivity contribution in [1.82, 2.24) is 9.88 Å². The zero-order valence-corrected chi connectivity index (χ0v) is 19.3. The highest BCUT2D eigenvalue weighted by Crippen LogP contribution is 2.38. The molecule has 1 saturated carbocycles. The molecule has 1 aliphatic carbocycles. The Bertz CT molecular complexity index is 1210. The number of carbonyl (C=O) groups is 2. The quantitative estimate of drug-likeness (QED) is 0.634. The summed E-state index contributed by atoms with van der Waals surface area (Å²) in [6, 6.07) is 9.84. The summed E-state index contributed by atoms with van der Waals surface area (Å²) in [5.74, 6) is 0.166. The number of anilines is 1. The van der Waals surface area contributed by atoms with E-state index in [-0.39, 0.29) is 17.9 Å². The predicted molar refractivity (Wildman–Crippen MR) is 125 cm³/mol. The molecule has 3 aromatic rings. The number of nitrogens with zero attached hydrogens (tertiary/aromatic N) is 2. The van der Waals surface area contributed by atoms with Crippen molar-refractivity contribution in [3.8, 4) is 0 Å². The molecule has 2 aliphatic rings. The largest absolute Gasteiger partial charge is 0.463 e. The van der Waals surface area contributed by atoms with E-state index in [2.05, 4.69) is 12.2 Å². The summed E-state index contributed by atoms with van der Waals surface area (Å²) in [5.41, 5.74) is 3.81. The topological polar surface area (TPSA) is 67.5 Å². The highest BCUT2D eigenvalue weighted by atomic mass is 16.3. The van der Waals surface area contributed by atoms with Gasteiger partial charge in [0.2, 0.25) is 5.91 Å². The average molecular weight is 434 g/mol. The standard InChI is InChI=1S/C26H31N3O3/c1-16-9-10-18(3)21(13-16)29-24(30)22-14-23-20(11-12-32-23)28(22)15-26(29,4)25(31)27-19-8-6-5-7-17(19)2/h9-14,17,19H,5-8,15H2,1-4H3,(H,27,31)/t17-,19+,26+/m0/s1. The summed E-state index contributed by atoms with van der Waals surface area (Å²) in [5, 5.41) is 3.33. The lowest BCUT2D eigenvalue weighted by atomic mass is 9.84. The van der Waals surface area contributed by atoms with Gasteiger partial charge in [0.1, 0.15) is 11.2 Å². The van der Waals surface area contributed by atoms with Crippen LogP contribution >= 0.6 is 0 Å². The van der Waals surface area contributed by atoms with Crippen molar-refractivity contribution in [2.45, 2.75) is 71.5 Å². The van der Waals surface area contributed by atoms with Gasteiger partial charge in [0.15, 0.2) is 5.58 Å². The zero-order chi connectivity index (χ0) is 22.6. The summed E-state index contributed by atoms with van der Waals surface area (Å²) in [7, 11) is 0. The molecule has 0 saturated heterocycles.